The fourth-order valence-electron chi connectivity index (χ4n) is 2.07. The summed E-state index contributed by atoms with van der Waals surface area (Å²) < 4.78 is 16.2. The summed E-state index contributed by atoms with van der Waals surface area (Å²) in [4.78, 5) is 0. The van der Waals surface area contributed by atoms with E-state index in [2.05, 4.69) is 6.58 Å². The second-order valence-corrected chi connectivity index (χ2v) is 5.07. The van der Waals surface area contributed by atoms with Crippen LogP contribution < -0.4 is 4.74 Å². The molecule has 0 saturated carbocycles. The van der Waals surface area contributed by atoms with E-state index in [1.165, 1.54) is 0 Å². The van der Waals surface area contributed by atoms with E-state index in [1.54, 1.807) is 13.2 Å². The number of ether oxygens (including phenoxy) is 2. The van der Waals surface area contributed by atoms with Gasteiger partial charge in [-0.25, -0.2) is 0 Å². The van der Waals surface area contributed by atoms with Crippen molar-refractivity contribution in [1.29, 1.82) is 5.31 Å². The maximum atomic E-state index is 9.92. The Labute approximate surface area is 132 Å². The first-order valence-electron chi connectivity index (χ1n) is 7.28. The first-order valence-corrected chi connectivity index (χ1v) is 7.28. The zero-order valence-corrected chi connectivity index (χ0v) is 13.2. The molecular weight excluding hydrogens is 281 g/mol. The van der Waals surface area contributed by atoms with Gasteiger partial charge in [0.2, 0.25) is 0 Å². The van der Waals surface area contributed by atoms with Crippen LogP contribution in [0, 0.1) is 5.31 Å². The molecule has 2 N–H and O–H groups in total. The van der Waals surface area contributed by atoms with Gasteiger partial charge in [0.25, 0.3) is 0 Å². The van der Waals surface area contributed by atoms with Crippen molar-refractivity contribution in [2.24, 2.45) is 0 Å². The summed E-state index contributed by atoms with van der Waals surface area (Å²) in [7, 11) is 2.52. The Balaban J connectivity index is 2.61. The molecular formula is C16H24BNO4. The van der Waals surface area contributed by atoms with Crippen molar-refractivity contribution >= 4 is 7.27 Å². The molecule has 0 aliphatic rings. The summed E-state index contributed by atoms with van der Waals surface area (Å²) in [5.41, 5.74) is 1.01. The molecule has 0 bridgehead atoms. The first-order chi connectivity index (χ1) is 10.6. The van der Waals surface area contributed by atoms with E-state index in [9.17, 15) is 5.11 Å². The quantitative estimate of drug-likeness (QED) is 0.487. The van der Waals surface area contributed by atoms with Crippen molar-refractivity contribution in [2.75, 3.05) is 7.11 Å². The second-order valence-electron chi connectivity index (χ2n) is 5.07. The van der Waals surface area contributed by atoms with Crippen LogP contribution >= 0.6 is 0 Å². The molecule has 0 radical (unpaired) electrons. The Morgan fingerprint density at radius 3 is 2.59 bits per heavy atom. The first kappa shape index (κ1) is 18.4. The topological polar surface area (TPSA) is 71.8 Å². The van der Waals surface area contributed by atoms with Gasteiger partial charge in [-0.3, -0.25) is 0 Å². The summed E-state index contributed by atoms with van der Waals surface area (Å²) in [5.74, 6) is 0.794. The normalized spacial score (nSPS) is 14.5. The number of aliphatic hydroxyl groups is 1. The summed E-state index contributed by atoms with van der Waals surface area (Å²) in [6.45, 7) is 5.85. The van der Waals surface area contributed by atoms with Gasteiger partial charge >= 0.3 is 132 Å². The second kappa shape index (κ2) is 10.1. The van der Waals surface area contributed by atoms with Crippen molar-refractivity contribution in [2.45, 2.75) is 44.7 Å². The van der Waals surface area contributed by atoms with E-state index in [0.717, 1.165) is 18.6 Å². The van der Waals surface area contributed by atoms with E-state index < -0.39 is 6.10 Å². The van der Waals surface area contributed by atoms with E-state index in [4.69, 9.17) is 19.4 Å². The molecule has 0 fully saturated rings. The fourth-order valence-corrected chi connectivity index (χ4v) is 2.07. The van der Waals surface area contributed by atoms with Gasteiger partial charge in [0.1, 0.15) is 0 Å². The van der Waals surface area contributed by atoms with Crippen LogP contribution in [0.2, 0.25) is 0 Å². The fraction of sp³-hybridized carbons (Fsp3) is 0.500. The average molecular weight is 305 g/mol. The molecule has 0 aromatic heterocycles. The van der Waals surface area contributed by atoms with Gasteiger partial charge in [-0.1, -0.05) is 0 Å². The minimum atomic E-state index is -0.532. The van der Waals surface area contributed by atoms with Gasteiger partial charge in [0.15, 0.2) is 0 Å². The minimum absolute atomic E-state index is 0.307. The molecule has 1 aromatic carbocycles. The molecule has 0 spiro atoms. The third-order valence-electron chi connectivity index (χ3n) is 3.37. The van der Waals surface area contributed by atoms with Gasteiger partial charge in [0.05, 0.1) is 0 Å². The van der Waals surface area contributed by atoms with Crippen LogP contribution in [0.4, 0.5) is 0 Å². The molecule has 3 atom stereocenters. The van der Waals surface area contributed by atoms with E-state index in [0.29, 0.717) is 19.4 Å². The van der Waals surface area contributed by atoms with Crippen LogP contribution in [0.3, 0.4) is 0 Å². The Morgan fingerprint density at radius 2 is 2.05 bits per heavy atom. The summed E-state index contributed by atoms with van der Waals surface area (Å²) >= 11 is 0. The van der Waals surface area contributed by atoms with Gasteiger partial charge in [0, 0.05) is 0 Å². The number of hydrogen-bond acceptors (Lipinski definition) is 5. The van der Waals surface area contributed by atoms with E-state index in [-0.39, 0.29) is 12.2 Å². The molecule has 1 aromatic rings. The molecule has 1 rings (SSSR count). The maximum absolute atomic E-state index is 9.92. The van der Waals surface area contributed by atoms with Crippen LogP contribution in [-0.4, -0.2) is 37.8 Å². The zero-order chi connectivity index (χ0) is 16.4. The van der Waals surface area contributed by atoms with Crippen LogP contribution in [0.1, 0.15) is 25.3 Å². The summed E-state index contributed by atoms with van der Waals surface area (Å²) in [5, 5.41) is 17.0. The van der Waals surface area contributed by atoms with E-state index >= 15 is 0 Å². The predicted molar refractivity (Wildman–Crippen MR) is 86.0 cm³/mol. The third-order valence-corrected chi connectivity index (χ3v) is 3.37. The SMILES string of the molecule is C=CC[C@H](O)C[C@@H](OCc1ccc(OC)cc1)[C@@H](C)OB=N. The molecule has 0 aliphatic carbocycles. The third kappa shape index (κ3) is 6.41. The number of hydrogen-bond donors (Lipinski definition) is 2. The van der Waals surface area contributed by atoms with Gasteiger partial charge in [-0.15, -0.1) is 0 Å². The zero-order valence-electron chi connectivity index (χ0n) is 13.2. The van der Waals surface area contributed by atoms with Crippen LogP contribution in [0.25, 0.3) is 0 Å². The van der Waals surface area contributed by atoms with Gasteiger partial charge in [-0.05, 0) is 0 Å². The number of aliphatic hydroxyl groups excluding tert-OH is 1. The predicted octanol–water partition coefficient (Wildman–Crippen LogP) is 2.69. The molecule has 0 aliphatic heterocycles. The van der Waals surface area contributed by atoms with Gasteiger partial charge in [-0.2, -0.15) is 0 Å². The molecule has 0 saturated heterocycles. The molecule has 0 heterocycles. The summed E-state index contributed by atoms with van der Waals surface area (Å²) in [6, 6.07) is 7.60. The van der Waals surface area contributed by atoms with Gasteiger partial charge < -0.3 is 0 Å². The van der Waals surface area contributed by atoms with Crippen molar-refractivity contribution in [1.82, 2.24) is 0 Å². The molecule has 0 unspecified atom stereocenters. The Morgan fingerprint density at radius 1 is 1.36 bits per heavy atom. The summed E-state index contributed by atoms with van der Waals surface area (Å²) in [6.07, 6.45) is 1.45. The Kier molecular flexibility index (Phi) is 8.47. The van der Waals surface area contributed by atoms with Crippen molar-refractivity contribution < 1.29 is 19.2 Å². The van der Waals surface area contributed by atoms with Crippen LogP contribution in [0.5, 0.6) is 5.75 Å². The van der Waals surface area contributed by atoms with Crippen molar-refractivity contribution in [3.05, 3.63) is 42.5 Å². The van der Waals surface area contributed by atoms with Crippen molar-refractivity contribution in [3.8, 4) is 5.75 Å². The number of rotatable bonds is 11. The molecule has 0 amide bonds. The van der Waals surface area contributed by atoms with Crippen LogP contribution in [0.15, 0.2) is 36.9 Å². The molecule has 120 valence electrons. The molecule has 6 heteroatoms. The van der Waals surface area contributed by atoms with E-state index in [1.807, 2.05) is 31.2 Å². The average Bonchev–Trinajstić information content (AvgIpc) is 2.52. The standard InChI is InChI=1S/C16H24BNO4/c1-4-5-14(19)10-16(12(2)22-17-18)21-11-13-6-8-15(20-3)9-7-13/h4,6-9,12,14,16,18-19H,1,5,10-11H2,2-3H3/t12-,14+,16-/m1/s1. The molecule has 22 heavy (non-hydrogen) atoms. The number of methoxy groups -OCH3 is 1. The molecule has 5 nitrogen and oxygen atoms in total. The van der Waals surface area contributed by atoms with Crippen molar-refractivity contribution in [3.63, 3.8) is 0 Å². The monoisotopic (exact) mass is 305 g/mol. The number of nitrogens with one attached hydrogen (secondary N) is 1. The van der Waals surface area contributed by atoms with Crippen LogP contribution in [-0.2, 0) is 16.0 Å². The number of benzene rings is 1. The Hall–Kier alpha value is -1.66. The Bertz CT molecular complexity index is 452.